The Morgan fingerprint density at radius 2 is 1.20 bits per heavy atom. The van der Waals surface area contributed by atoms with E-state index in [0.29, 0.717) is 37.1 Å². The number of alkyl halides is 2. The minimum atomic E-state index is 0.442. The van der Waals surface area contributed by atoms with Gasteiger partial charge in [0.25, 0.3) is 0 Å². The number of benzene rings is 1. The number of hydrogen-bond donors (Lipinski definition) is 0. The van der Waals surface area contributed by atoms with Crippen LogP contribution < -0.4 is 0 Å². The highest BCUT2D eigenvalue weighted by Gasteiger charge is 2.01. The van der Waals surface area contributed by atoms with Crippen molar-refractivity contribution in [3.8, 4) is 23.7 Å². The molecule has 0 amide bonds. The van der Waals surface area contributed by atoms with Crippen LogP contribution in [0.1, 0.15) is 11.1 Å². The van der Waals surface area contributed by atoms with E-state index in [2.05, 4.69) is 55.5 Å². The standard InChI is InChI=1S/C16H16Br2O2/c17-9-3-5-11-19-13-15-7-1-2-8-16(15)14-20-12-6-4-10-18/h1-2,7-8H,9-14H2. The van der Waals surface area contributed by atoms with Crippen molar-refractivity contribution in [2.75, 3.05) is 23.9 Å². The van der Waals surface area contributed by atoms with Crippen molar-refractivity contribution < 1.29 is 9.47 Å². The molecule has 0 radical (unpaired) electrons. The molecule has 0 saturated heterocycles. The van der Waals surface area contributed by atoms with Crippen LogP contribution in [0.25, 0.3) is 0 Å². The summed E-state index contributed by atoms with van der Waals surface area (Å²) in [5.41, 5.74) is 2.25. The van der Waals surface area contributed by atoms with Gasteiger partial charge in [-0.3, -0.25) is 0 Å². The smallest absolute Gasteiger partial charge is 0.108 e. The van der Waals surface area contributed by atoms with Crippen molar-refractivity contribution in [3.05, 3.63) is 35.4 Å². The molecule has 2 nitrogen and oxygen atoms in total. The third kappa shape index (κ3) is 7.72. The molecule has 4 heteroatoms. The lowest BCUT2D eigenvalue weighted by Crippen LogP contribution is -2.01. The van der Waals surface area contributed by atoms with Gasteiger partial charge in [0.15, 0.2) is 0 Å². The Balaban J connectivity index is 2.42. The molecule has 0 bridgehead atoms. The monoisotopic (exact) mass is 398 g/mol. The van der Waals surface area contributed by atoms with Crippen molar-refractivity contribution in [3.63, 3.8) is 0 Å². The van der Waals surface area contributed by atoms with Crippen molar-refractivity contribution in [1.82, 2.24) is 0 Å². The van der Waals surface area contributed by atoms with E-state index in [1.807, 2.05) is 24.3 Å². The van der Waals surface area contributed by atoms with Crippen LogP contribution in [0.3, 0.4) is 0 Å². The van der Waals surface area contributed by atoms with E-state index in [-0.39, 0.29) is 0 Å². The second kappa shape index (κ2) is 12.0. The van der Waals surface area contributed by atoms with Crippen LogP contribution in [0.2, 0.25) is 0 Å². The highest BCUT2D eigenvalue weighted by molar-refractivity contribution is 9.09. The van der Waals surface area contributed by atoms with Crippen LogP contribution in [0, 0.1) is 23.7 Å². The fourth-order valence-corrected chi connectivity index (χ4v) is 1.86. The van der Waals surface area contributed by atoms with Gasteiger partial charge in [-0.05, 0) is 11.1 Å². The summed E-state index contributed by atoms with van der Waals surface area (Å²) in [6, 6.07) is 8.08. The van der Waals surface area contributed by atoms with Crippen molar-refractivity contribution in [1.29, 1.82) is 0 Å². The van der Waals surface area contributed by atoms with E-state index in [0.717, 1.165) is 11.1 Å². The van der Waals surface area contributed by atoms with Gasteiger partial charge < -0.3 is 9.47 Å². The summed E-state index contributed by atoms with van der Waals surface area (Å²) in [5.74, 6) is 11.6. The second-order valence-corrected chi connectivity index (χ2v) is 4.85. The second-order valence-electron chi connectivity index (χ2n) is 3.73. The van der Waals surface area contributed by atoms with E-state index in [1.165, 1.54) is 0 Å². The van der Waals surface area contributed by atoms with Gasteiger partial charge in [0.2, 0.25) is 0 Å². The van der Waals surface area contributed by atoms with Crippen LogP contribution in [-0.2, 0) is 22.7 Å². The summed E-state index contributed by atoms with van der Waals surface area (Å²) in [5, 5.41) is 1.35. The quantitative estimate of drug-likeness (QED) is 0.414. The molecule has 0 aliphatic rings. The lowest BCUT2D eigenvalue weighted by atomic mass is 10.1. The van der Waals surface area contributed by atoms with Crippen molar-refractivity contribution in [2.24, 2.45) is 0 Å². The maximum absolute atomic E-state index is 5.52. The van der Waals surface area contributed by atoms with Gasteiger partial charge in [-0.1, -0.05) is 79.8 Å². The minimum absolute atomic E-state index is 0.442. The van der Waals surface area contributed by atoms with Gasteiger partial charge in [0.05, 0.1) is 23.9 Å². The average Bonchev–Trinajstić information content (AvgIpc) is 2.48. The van der Waals surface area contributed by atoms with Gasteiger partial charge in [0, 0.05) is 0 Å². The topological polar surface area (TPSA) is 18.5 Å². The number of hydrogen-bond acceptors (Lipinski definition) is 2. The summed E-state index contributed by atoms with van der Waals surface area (Å²) < 4.78 is 11.0. The molecule has 0 N–H and O–H groups in total. The number of ether oxygens (including phenoxy) is 2. The van der Waals surface area contributed by atoms with Gasteiger partial charge >= 0.3 is 0 Å². The Morgan fingerprint density at radius 1 is 0.750 bits per heavy atom. The Hall–Kier alpha value is -0.780. The predicted octanol–water partition coefficient (Wildman–Crippen LogP) is 3.52. The molecule has 0 atom stereocenters. The fraction of sp³-hybridized carbons (Fsp3) is 0.375. The maximum atomic E-state index is 5.52. The van der Waals surface area contributed by atoms with Crippen LogP contribution in [0.5, 0.6) is 0 Å². The normalized spacial score (nSPS) is 9.30. The summed E-state index contributed by atoms with van der Waals surface area (Å²) in [4.78, 5) is 0. The molecule has 0 fully saturated rings. The zero-order valence-corrected chi connectivity index (χ0v) is 14.3. The van der Waals surface area contributed by atoms with E-state index < -0.39 is 0 Å². The van der Waals surface area contributed by atoms with Gasteiger partial charge in [-0.2, -0.15) is 0 Å². The highest BCUT2D eigenvalue weighted by Crippen LogP contribution is 2.11. The molecular weight excluding hydrogens is 384 g/mol. The molecular formula is C16H16Br2O2. The molecule has 20 heavy (non-hydrogen) atoms. The molecule has 0 aliphatic carbocycles. The summed E-state index contributed by atoms with van der Waals surface area (Å²) in [7, 11) is 0. The molecule has 1 aromatic carbocycles. The zero-order chi connectivity index (χ0) is 14.5. The first-order valence-electron chi connectivity index (χ1n) is 6.14. The number of rotatable bonds is 6. The largest absolute Gasteiger partial charge is 0.364 e. The summed E-state index contributed by atoms with van der Waals surface area (Å²) in [6.45, 7) is 1.97. The highest BCUT2D eigenvalue weighted by atomic mass is 79.9. The van der Waals surface area contributed by atoms with Crippen LogP contribution in [0.4, 0.5) is 0 Å². The molecule has 1 aromatic rings. The fourth-order valence-electron chi connectivity index (χ4n) is 1.46. The summed E-state index contributed by atoms with van der Waals surface area (Å²) in [6.07, 6.45) is 0. The minimum Gasteiger partial charge on any atom is -0.364 e. The molecule has 0 aliphatic heterocycles. The Labute approximate surface area is 137 Å². The molecule has 0 unspecified atom stereocenters. The van der Waals surface area contributed by atoms with Crippen LogP contribution >= 0.6 is 31.9 Å². The third-order valence-corrected chi connectivity index (χ3v) is 2.93. The van der Waals surface area contributed by atoms with Gasteiger partial charge in [0.1, 0.15) is 13.2 Å². The lowest BCUT2D eigenvalue weighted by molar-refractivity contribution is 0.138. The van der Waals surface area contributed by atoms with E-state index in [4.69, 9.17) is 9.47 Å². The lowest BCUT2D eigenvalue weighted by Gasteiger charge is -2.08. The predicted molar refractivity (Wildman–Crippen MR) is 88.9 cm³/mol. The van der Waals surface area contributed by atoms with Crippen LogP contribution in [0.15, 0.2) is 24.3 Å². The van der Waals surface area contributed by atoms with Crippen LogP contribution in [-0.4, -0.2) is 23.9 Å². The molecule has 1 rings (SSSR count). The Bertz CT molecular complexity index is 459. The summed E-state index contributed by atoms with van der Waals surface area (Å²) >= 11 is 6.49. The first-order valence-corrected chi connectivity index (χ1v) is 8.38. The first kappa shape index (κ1) is 17.3. The zero-order valence-electron chi connectivity index (χ0n) is 11.1. The van der Waals surface area contributed by atoms with E-state index in [9.17, 15) is 0 Å². The third-order valence-electron chi connectivity index (χ3n) is 2.37. The average molecular weight is 400 g/mol. The SMILES string of the molecule is BrCC#CCOCc1ccccc1COCC#CCBr. The molecule has 106 valence electrons. The van der Waals surface area contributed by atoms with E-state index >= 15 is 0 Å². The van der Waals surface area contributed by atoms with Gasteiger partial charge in [-0.15, -0.1) is 0 Å². The molecule has 0 aromatic heterocycles. The maximum Gasteiger partial charge on any atom is 0.108 e. The first-order chi connectivity index (χ1) is 9.88. The van der Waals surface area contributed by atoms with Crippen molar-refractivity contribution >= 4 is 31.9 Å². The number of halogens is 2. The Morgan fingerprint density at radius 3 is 1.60 bits per heavy atom. The van der Waals surface area contributed by atoms with Crippen molar-refractivity contribution in [2.45, 2.75) is 13.2 Å². The van der Waals surface area contributed by atoms with Gasteiger partial charge in [-0.25, -0.2) is 0 Å². The van der Waals surface area contributed by atoms with E-state index in [1.54, 1.807) is 0 Å². The molecule has 0 saturated carbocycles. The Kier molecular flexibility index (Phi) is 10.4. The molecule has 0 spiro atoms. The molecule has 0 heterocycles.